The minimum Gasteiger partial charge on any atom is -0.333 e. The van der Waals surface area contributed by atoms with E-state index in [-0.39, 0.29) is 24.4 Å². The van der Waals surface area contributed by atoms with Gasteiger partial charge in [0.2, 0.25) is 5.91 Å². The fraction of sp³-hybridized carbons (Fsp3) is 0.222. The first-order valence-electron chi connectivity index (χ1n) is 7.72. The van der Waals surface area contributed by atoms with Gasteiger partial charge < -0.3 is 15.5 Å². The summed E-state index contributed by atoms with van der Waals surface area (Å²) in [6, 6.07) is 14.2. The van der Waals surface area contributed by atoms with Crippen LogP contribution in [0.25, 0.3) is 0 Å². The van der Waals surface area contributed by atoms with Crippen LogP contribution in [0.3, 0.4) is 0 Å². The minimum atomic E-state index is -0.369. The van der Waals surface area contributed by atoms with E-state index in [1.54, 1.807) is 29.2 Å². The lowest BCUT2D eigenvalue weighted by Crippen LogP contribution is -2.39. The molecule has 3 rings (SSSR count). The molecule has 2 aromatic rings. The second kappa shape index (κ2) is 6.93. The van der Waals surface area contributed by atoms with Crippen molar-refractivity contribution >= 4 is 34.9 Å². The van der Waals surface area contributed by atoms with Crippen molar-refractivity contribution in [3.63, 3.8) is 0 Å². The molecule has 0 bridgehead atoms. The van der Waals surface area contributed by atoms with Crippen LogP contribution < -0.4 is 15.5 Å². The van der Waals surface area contributed by atoms with Crippen molar-refractivity contribution in [1.29, 1.82) is 0 Å². The van der Waals surface area contributed by atoms with Gasteiger partial charge in [-0.2, -0.15) is 0 Å². The topological polar surface area (TPSA) is 61.4 Å². The van der Waals surface area contributed by atoms with Crippen molar-refractivity contribution in [3.05, 3.63) is 59.1 Å². The SMILES string of the molecule is Cc1ccc(N2CC(NC(=O)Nc3ccccc3Cl)CC2=O)cc1. The van der Waals surface area contributed by atoms with Gasteiger partial charge >= 0.3 is 6.03 Å². The molecule has 1 saturated heterocycles. The lowest BCUT2D eigenvalue weighted by molar-refractivity contribution is -0.117. The summed E-state index contributed by atoms with van der Waals surface area (Å²) < 4.78 is 0. The van der Waals surface area contributed by atoms with Crippen LogP contribution in [0.4, 0.5) is 16.2 Å². The Balaban J connectivity index is 1.61. The summed E-state index contributed by atoms with van der Waals surface area (Å²) >= 11 is 6.02. The number of rotatable bonds is 3. The number of aryl methyl sites for hydroxylation is 1. The van der Waals surface area contributed by atoms with Crippen molar-refractivity contribution in [2.75, 3.05) is 16.8 Å². The number of nitrogens with zero attached hydrogens (tertiary/aromatic N) is 1. The highest BCUT2D eigenvalue weighted by molar-refractivity contribution is 6.33. The molecule has 1 fully saturated rings. The number of benzene rings is 2. The molecule has 1 aliphatic rings. The highest BCUT2D eigenvalue weighted by Crippen LogP contribution is 2.23. The fourth-order valence-electron chi connectivity index (χ4n) is 2.68. The molecule has 0 aromatic heterocycles. The second-order valence-corrected chi connectivity index (χ2v) is 6.23. The van der Waals surface area contributed by atoms with Crippen LogP contribution in [-0.4, -0.2) is 24.5 Å². The van der Waals surface area contributed by atoms with Crippen molar-refractivity contribution in [1.82, 2.24) is 5.32 Å². The molecule has 3 amide bonds. The van der Waals surface area contributed by atoms with Crippen LogP contribution in [0.5, 0.6) is 0 Å². The summed E-state index contributed by atoms with van der Waals surface area (Å²) in [4.78, 5) is 26.0. The Hall–Kier alpha value is -2.53. The Morgan fingerprint density at radius 1 is 1.17 bits per heavy atom. The number of carbonyl (C=O) groups excluding carboxylic acids is 2. The summed E-state index contributed by atoms with van der Waals surface area (Å²) in [5.41, 5.74) is 2.52. The maximum atomic E-state index is 12.2. The zero-order valence-corrected chi connectivity index (χ0v) is 14.0. The summed E-state index contributed by atoms with van der Waals surface area (Å²) in [6.07, 6.45) is 0.282. The Morgan fingerprint density at radius 3 is 2.58 bits per heavy atom. The maximum Gasteiger partial charge on any atom is 0.319 e. The monoisotopic (exact) mass is 343 g/mol. The molecule has 1 unspecified atom stereocenters. The Morgan fingerprint density at radius 2 is 1.88 bits per heavy atom. The van der Waals surface area contributed by atoms with E-state index in [1.165, 1.54) is 0 Å². The third-order valence-corrected chi connectivity index (χ3v) is 4.26. The first-order valence-corrected chi connectivity index (χ1v) is 8.10. The Labute approximate surface area is 145 Å². The minimum absolute atomic E-state index is 0.00176. The zero-order valence-electron chi connectivity index (χ0n) is 13.3. The van der Waals surface area contributed by atoms with Gasteiger partial charge in [-0.15, -0.1) is 0 Å². The molecule has 24 heavy (non-hydrogen) atoms. The highest BCUT2D eigenvalue weighted by atomic mass is 35.5. The number of nitrogens with one attached hydrogen (secondary N) is 2. The number of halogens is 1. The van der Waals surface area contributed by atoms with E-state index in [0.717, 1.165) is 11.3 Å². The molecule has 2 N–H and O–H groups in total. The third kappa shape index (κ3) is 3.68. The van der Waals surface area contributed by atoms with Crippen LogP contribution in [-0.2, 0) is 4.79 Å². The van der Waals surface area contributed by atoms with Gasteiger partial charge in [-0.3, -0.25) is 4.79 Å². The fourth-order valence-corrected chi connectivity index (χ4v) is 2.87. The van der Waals surface area contributed by atoms with E-state index in [0.29, 0.717) is 17.3 Å². The average molecular weight is 344 g/mol. The largest absolute Gasteiger partial charge is 0.333 e. The Bertz CT molecular complexity index is 761. The third-order valence-electron chi connectivity index (χ3n) is 3.93. The van der Waals surface area contributed by atoms with Gasteiger partial charge in [-0.05, 0) is 31.2 Å². The van der Waals surface area contributed by atoms with Crippen molar-refractivity contribution in [3.8, 4) is 0 Å². The van der Waals surface area contributed by atoms with Gasteiger partial charge in [0.05, 0.1) is 16.8 Å². The molecular weight excluding hydrogens is 326 g/mol. The molecule has 6 heteroatoms. The van der Waals surface area contributed by atoms with E-state index < -0.39 is 0 Å². The normalized spacial score (nSPS) is 17.0. The summed E-state index contributed by atoms with van der Waals surface area (Å²) in [6.45, 7) is 2.46. The van der Waals surface area contributed by atoms with E-state index in [9.17, 15) is 9.59 Å². The zero-order chi connectivity index (χ0) is 17.1. The molecule has 0 spiro atoms. The summed E-state index contributed by atoms with van der Waals surface area (Å²) in [5, 5.41) is 6.00. The average Bonchev–Trinajstić information content (AvgIpc) is 2.90. The van der Waals surface area contributed by atoms with Gasteiger partial charge in [0.15, 0.2) is 0 Å². The quantitative estimate of drug-likeness (QED) is 0.894. The van der Waals surface area contributed by atoms with E-state index in [4.69, 9.17) is 11.6 Å². The van der Waals surface area contributed by atoms with Gasteiger partial charge in [0, 0.05) is 18.7 Å². The maximum absolute atomic E-state index is 12.2. The smallest absolute Gasteiger partial charge is 0.319 e. The van der Waals surface area contributed by atoms with Crippen molar-refractivity contribution in [2.24, 2.45) is 0 Å². The van der Waals surface area contributed by atoms with Gasteiger partial charge in [-0.1, -0.05) is 41.4 Å². The molecule has 1 atom stereocenters. The van der Waals surface area contributed by atoms with Crippen LogP contribution >= 0.6 is 11.6 Å². The van der Waals surface area contributed by atoms with Crippen molar-refractivity contribution < 1.29 is 9.59 Å². The molecule has 2 aromatic carbocycles. The lowest BCUT2D eigenvalue weighted by atomic mass is 10.2. The first kappa shape index (κ1) is 16.3. The number of para-hydroxylation sites is 1. The second-order valence-electron chi connectivity index (χ2n) is 5.82. The van der Waals surface area contributed by atoms with Crippen LogP contribution in [0, 0.1) is 6.92 Å². The predicted molar refractivity (Wildman–Crippen MR) is 95.5 cm³/mol. The lowest BCUT2D eigenvalue weighted by Gasteiger charge is -2.17. The molecule has 0 saturated carbocycles. The molecule has 5 nitrogen and oxygen atoms in total. The first-order chi connectivity index (χ1) is 11.5. The van der Waals surface area contributed by atoms with E-state index >= 15 is 0 Å². The van der Waals surface area contributed by atoms with Crippen LogP contribution in [0.15, 0.2) is 48.5 Å². The molecule has 124 valence electrons. The summed E-state index contributed by atoms with van der Waals surface area (Å²) in [5.74, 6) is 0.00176. The number of hydrogen-bond donors (Lipinski definition) is 2. The van der Waals surface area contributed by atoms with Crippen LogP contribution in [0.2, 0.25) is 5.02 Å². The van der Waals surface area contributed by atoms with E-state index in [2.05, 4.69) is 10.6 Å². The molecule has 1 heterocycles. The molecular formula is C18H18ClN3O2. The number of amides is 3. The van der Waals surface area contributed by atoms with Gasteiger partial charge in [0.25, 0.3) is 0 Å². The molecule has 0 radical (unpaired) electrons. The highest BCUT2D eigenvalue weighted by Gasteiger charge is 2.31. The Kier molecular flexibility index (Phi) is 4.71. The number of carbonyl (C=O) groups is 2. The number of urea groups is 1. The van der Waals surface area contributed by atoms with Crippen LogP contribution in [0.1, 0.15) is 12.0 Å². The predicted octanol–water partition coefficient (Wildman–Crippen LogP) is 3.58. The molecule has 1 aliphatic heterocycles. The van der Waals surface area contributed by atoms with Gasteiger partial charge in [-0.25, -0.2) is 4.79 Å². The van der Waals surface area contributed by atoms with Gasteiger partial charge in [0.1, 0.15) is 0 Å². The summed E-state index contributed by atoms with van der Waals surface area (Å²) in [7, 11) is 0. The standard InChI is InChI=1S/C18H18ClN3O2/c1-12-6-8-14(9-7-12)22-11-13(10-17(22)23)20-18(24)21-16-5-3-2-4-15(16)19/h2-9,13H,10-11H2,1H3,(H2,20,21,24). The van der Waals surface area contributed by atoms with E-state index in [1.807, 2.05) is 31.2 Å². The number of hydrogen-bond acceptors (Lipinski definition) is 2. The van der Waals surface area contributed by atoms with Crippen molar-refractivity contribution in [2.45, 2.75) is 19.4 Å². The molecule has 0 aliphatic carbocycles. The number of anilines is 2.